The van der Waals surface area contributed by atoms with Crippen LogP contribution in [0.1, 0.15) is 18.9 Å². The lowest BCUT2D eigenvalue weighted by molar-refractivity contribution is -0.139. The number of carbonyl (C=O) groups excluding carboxylic acids is 1. The van der Waals surface area contributed by atoms with E-state index in [1.165, 1.54) is 5.56 Å². The summed E-state index contributed by atoms with van der Waals surface area (Å²) in [5.74, 6) is 1.03. The molecule has 0 bridgehead atoms. The van der Waals surface area contributed by atoms with Gasteiger partial charge >= 0.3 is 5.97 Å². The number of esters is 1. The van der Waals surface area contributed by atoms with Crippen LogP contribution in [-0.4, -0.2) is 44.8 Å². The molecule has 2 aromatic carbocycles. The topological polar surface area (TPSA) is 60.0 Å². The van der Waals surface area contributed by atoms with Crippen LogP contribution in [0.3, 0.4) is 0 Å². The lowest BCUT2D eigenvalue weighted by Gasteiger charge is -2.30. The number of hydrogen-bond donors (Lipinski definition) is 1. The van der Waals surface area contributed by atoms with E-state index in [1.807, 2.05) is 43.3 Å². The second-order valence-corrected chi connectivity index (χ2v) is 6.82. The van der Waals surface area contributed by atoms with Crippen LogP contribution in [0.4, 0.5) is 5.69 Å². The monoisotopic (exact) mass is 396 g/mol. The summed E-state index contributed by atoms with van der Waals surface area (Å²) in [6.07, 6.45) is 0.731. The fraction of sp³-hybridized carbons (Fsp3) is 0.348. The van der Waals surface area contributed by atoms with Crippen molar-refractivity contribution in [1.82, 2.24) is 4.90 Å². The molecule has 1 aliphatic rings. The van der Waals surface area contributed by atoms with E-state index in [9.17, 15) is 4.79 Å². The molecule has 0 atom stereocenters. The third kappa shape index (κ3) is 5.29. The Balaban J connectivity index is 1.81. The van der Waals surface area contributed by atoms with Crippen LogP contribution in [0.25, 0.3) is 0 Å². The van der Waals surface area contributed by atoms with E-state index in [1.54, 1.807) is 14.2 Å². The summed E-state index contributed by atoms with van der Waals surface area (Å²) in [4.78, 5) is 14.9. The Morgan fingerprint density at radius 2 is 1.83 bits per heavy atom. The molecule has 0 amide bonds. The van der Waals surface area contributed by atoms with Crippen LogP contribution >= 0.6 is 0 Å². The smallest absolute Gasteiger partial charge is 0.337 e. The van der Waals surface area contributed by atoms with Crippen molar-refractivity contribution < 1.29 is 19.0 Å². The van der Waals surface area contributed by atoms with Crippen LogP contribution in [0.15, 0.2) is 59.8 Å². The highest BCUT2D eigenvalue weighted by atomic mass is 16.5. The van der Waals surface area contributed by atoms with E-state index in [0.717, 1.165) is 30.9 Å². The Hall–Kier alpha value is -2.99. The Bertz CT molecular complexity index is 864. The van der Waals surface area contributed by atoms with Crippen molar-refractivity contribution in [2.75, 3.05) is 39.2 Å². The molecule has 6 heteroatoms. The summed E-state index contributed by atoms with van der Waals surface area (Å²) < 4.78 is 16.0. The summed E-state index contributed by atoms with van der Waals surface area (Å²) in [7, 11) is 3.21. The molecule has 6 nitrogen and oxygen atoms in total. The van der Waals surface area contributed by atoms with Crippen LogP contribution in [0.5, 0.6) is 11.5 Å². The number of methoxy groups -OCH3 is 2. The van der Waals surface area contributed by atoms with Gasteiger partial charge < -0.3 is 19.5 Å². The maximum Gasteiger partial charge on any atom is 0.337 e. The van der Waals surface area contributed by atoms with Crippen molar-refractivity contribution in [1.29, 1.82) is 0 Å². The summed E-state index contributed by atoms with van der Waals surface area (Å²) >= 11 is 0. The van der Waals surface area contributed by atoms with Gasteiger partial charge in [0, 0.05) is 43.5 Å². The molecule has 0 saturated heterocycles. The fourth-order valence-corrected chi connectivity index (χ4v) is 3.43. The van der Waals surface area contributed by atoms with E-state index in [0.29, 0.717) is 30.2 Å². The average molecular weight is 396 g/mol. The number of carbonyl (C=O) groups is 1. The van der Waals surface area contributed by atoms with Gasteiger partial charge in [-0.1, -0.05) is 30.3 Å². The number of rotatable bonds is 8. The largest absolute Gasteiger partial charge is 0.493 e. The molecule has 0 radical (unpaired) electrons. The van der Waals surface area contributed by atoms with Crippen molar-refractivity contribution >= 4 is 11.7 Å². The molecule has 1 heterocycles. The standard InChI is InChI=1S/C23H28N2O4/c1-4-29-23(26)19-16-25(15-17-8-6-5-7-9-17)13-12-20(19)24-18-10-11-21(27-2)22(14-18)28-3/h5-11,14,24H,4,12-13,15-16H2,1-3H3. The zero-order valence-corrected chi connectivity index (χ0v) is 17.2. The zero-order chi connectivity index (χ0) is 20.6. The predicted molar refractivity (Wildman–Crippen MR) is 113 cm³/mol. The minimum Gasteiger partial charge on any atom is -0.493 e. The Morgan fingerprint density at radius 1 is 1.07 bits per heavy atom. The predicted octanol–water partition coefficient (Wildman–Crippen LogP) is 3.84. The lowest BCUT2D eigenvalue weighted by Crippen LogP contribution is -2.35. The highest BCUT2D eigenvalue weighted by molar-refractivity contribution is 5.90. The summed E-state index contributed by atoms with van der Waals surface area (Å²) in [6.45, 7) is 4.37. The van der Waals surface area contributed by atoms with Gasteiger partial charge in [-0.2, -0.15) is 0 Å². The molecule has 0 saturated carbocycles. The van der Waals surface area contributed by atoms with Gasteiger partial charge in [0.2, 0.25) is 0 Å². The number of nitrogens with one attached hydrogen (secondary N) is 1. The second-order valence-electron chi connectivity index (χ2n) is 6.82. The minimum absolute atomic E-state index is 0.270. The van der Waals surface area contributed by atoms with Gasteiger partial charge in [-0.05, 0) is 24.6 Å². The number of benzene rings is 2. The van der Waals surface area contributed by atoms with Crippen molar-refractivity contribution in [3.8, 4) is 11.5 Å². The van der Waals surface area contributed by atoms with Crippen LogP contribution in [0, 0.1) is 0 Å². The molecule has 1 aliphatic heterocycles. The normalized spacial score (nSPS) is 14.4. The number of anilines is 1. The van der Waals surface area contributed by atoms with Crippen molar-refractivity contribution in [3.63, 3.8) is 0 Å². The van der Waals surface area contributed by atoms with Gasteiger partial charge in [0.1, 0.15) is 0 Å². The van der Waals surface area contributed by atoms with Crippen LogP contribution in [0.2, 0.25) is 0 Å². The molecule has 0 spiro atoms. The second kappa shape index (κ2) is 9.98. The highest BCUT2D eigenvalue weighted by Gasteiger charge is 2.25. The number of nitrogens with zero attached hydrogens (tertiary/aromatic N) is 1. The Morgan fingerprint density at radius 3 is 2.52 bits per heavy atom. The highest BCUT2D eigenvalue weighted by Crippen LogP contribution is 2.31. The summed E-state index contributed by atoms with van der Waals surface area (Å²) in [5.41, 5.74) is 3.63. The van der Waals surface area contributed by atoms with Gasteiger partial charge in [-0.3, -0.25) is 4.90 Å². The third-order valence-corrected chi connectivity index (χ3v) is 4.87. The number of hydrogen-bond acceptors (Lipinski definition) is 6. The molecule has 0 fully saturated rings. The Labute approximate surface area is 172 Å². The molecule has 1 N–H and O–H groups in total. The zero-order valence-electron chi connectivity index (χ0n) is 17.2. The molecular formula is C23H28N2O4. The molecule has 3 rings (SSSR count). The van der Waals surface area contributed by atoms with E-state index in [-0.39, 0.29) is 5.97 Å². The molecular weight excluding hydrogens is 368 g/mol. The van der Waals surface area contributed by atoms with E-state index in [2.05, 4.69) is 22.3 Å². The van der Waals surface area contributed by atoms with Gasteiger partial charge in [0.15, 0.2) is 11.5 Å². The van der Waals surface area contributed by atoms with Crippen LogP contribution < -0.4 is 14.8 Å². The average Bonchev–Trinajstić information content (AvgIpc) is 2.75. The minimum atomic E-state index is -0.270. The molecule has 0 unspecified atom stereocenters. The molecule has 0 aliphatic carbocycles. The molecule has 0 aromatic heterocycles. The Kier molecular flexibility index (Phi) is 7.14. The van der Waals surface area contributed by atoms with Gasteiger partial charge in [-0.15, -0.1) is 0 Å². The maximum absolute atomic E-state index is 12.6. The molecule has 154 valence electrons. The summed E-state index contributed by atoms with van der Waals surface area (Å²) in [6, 6.07) is 15.9. The van der Waals surface area contributed by atoms with Crippen molar-refractivity contribution in [3.05, 3.63) is 65.4 Å². The van der Waals surface area contributed by atoms with Gasteiger partial charge in [-0.25, -0.2) is 4.79 Å². The van der Waals surface area contributed by atoms with Crippen LogP contribution in [-0.2, 0) is 16.1 Å². The third-order valence-electron chi connectivity index (χ3n) is 4.87. The molecule has 29 heavy (non-hydrogen) atoms. The van der Waals surface area contributed by atoms with E-state index in [4.69, 9.17) is 14.2 Å². The number of ether oxygens (including phenoxy) is 3. The van der Waals surface area contributed by atoms with Gasteiger partial charge in [0.25, 0.3) is 0 Å². The SMILES string of the molecule is CCOC(=O)C1=C(Nc2ccc(OC)c(OC)c2)CCN(Cc2ccccc2)C1. The fourth-order valence-electron chi connectivity index (χ4n) is 3.43. The first kappa shape index (κ1) is 20.7. The first-order valence-electron chi connectivity index (χ1n) is 9.79. The molecule has 2 aromatic rings. The van der Waals surface area contributed by atoms with Crippen molar-refractivity contribution in [2.45, 2.75) is 19.9 Å². The van der Waals surface area contributed by atoms with Gasteiger partial charge in [0.05, 0.1) is 26.4 Å². The summed E-state index contributed by atoms with van der Waals surface area (Å²) in [5, 5.41) is 3.40. The van der Waals surface area contributed by atoms with Crippen molar-refractivity contribution in [2.24, 2.45) is 0 Å². The maximum atomic E-state index is 12.6. The lowest BCUT2D eigenvalue weighted by atomic mass is 10.0. The van der Waals surface area contributed by atoms with E-state index >= 15 is 0 Å². The first-order valence-corrected chi connectivity index (χ1v) is 9.79. The van der Waals surface area contributed by atoms with E-state index < -0.39 is 0 Å². The first-order chi connectivity index (χ1) is 14.1. The quantitative estimate of drug-likeness (QED) is 0.684.